The van der Waals surface area contributed by atoms with Crippen LogP contribution >= 0.6 is 0 Å². The Labute approximate surface area is 87.8 Å². The van der Waals surface area contributed by atoms with Crippen LogP contribution < -0.4 is 5.32 Å². The summed E-state index contributed by atoms with van der Waals surface area (Å²) < 4.78 is 0. The second kappa shape index (κ2) is 6.35. The summed E-state index contributed by atoms with van der Waals surface area (Å²) in [5.74, 6) is 0. The van der Waals surface area contributed by atoms with Crippen molar-refractivity contribution in [3.8, 4) is 0 Å². The third kappa shape index (κ3) is 4.37. The topological polar surface area (TPSA) is 21.8 Å². The molecule has 0 aromatic heterocycles. The van der Waals surface area contributed by atoms with Crippen molar-refractivity contribution in [2.24, 2.45) is 0 Å². The van der Waals surface area contributed by atoms with E-state index >= 15 is 0 Å². The van der Waals surface area contributed by atoms with Crippen molar-refractivity contribution in [3.05, 3.63) is 0 Å². The van der Waals surface area contributed by atoms with E-state index in [2.05, 4.69) is 34.1 Å². The second-order valence-corrected chi connectivity index (χ2v) is 4.27. The fourth-order valence-corrected chi connectivity index (χ4v) is 1.74. The van der Waals surface area contributed by atoms with Gasteiger partial charge in [-0.25, -0.2) is 0 Å². The molecule has 0 aromatic rings. The highest BCUT2D eigenvalue weighted by Crippen LogP contribution is 1.99. The second-order valence-electron chi connectivity index (χ2n) is 4.27. The average Bonchev–Trinajstić information content (AvgIpc) is 2.17. The molecule has 0 atom stereocenters. The minimum absolute atomic E-state index is 1.03. The molecule has 84 valence electrons. The van der Waals surface area contributed by atoms with E-state index in [4.69, 9.17) is 0 Å². The van der Waals surface area contributed by atoms with Crippen LogP contribution in [-0.2, 0) is 0 Å². The average molecular weight is 200 g/mol. The number of nitrogens with one attached hydrogen (secondary N) is 1. The van der Waals surface area contributed by atoms with Gasteiger partial charge in [0.05, 0.1) is 0 Å². The van der Waals surface area contributed by atoms with Crippen molar-refractivity contribution in [2.45, 2.75) is 0 Å². The molecule has 0 amide bonds. The first-order valence-electron chi connectivity index (χ1n) is 5.46. The van der Waals surface area contributed by atoms with E-state index in [0.717, 1.165) is 6.67 Å². The minimum Gasteiger partial charge on any atom is -0.308 e. The molecule has 1 aliphatic heterocycles. The number of hydrogen-bond donors (Lipinski definition) is 1. The van der Waals surface area contributed by atoms with Crippen molar-refractivity contribution < 1.29 is 0 Å². The standard InChI is InChI=1S/C10H24N4/c1-11-10-14-8-6-13(7-9-14)5-4-12(2)3/h11H,4-10H2,1-3H3. The number of likely N-dealkylation sites (N-methyl/N-ethyl adjacent to an activating group) is 1. The normalized spacial score (nSPS) is 20.6. The summed E-state index contributed by atoms with van der Waals surface area (Å²) in [6, 6.07) is 0. The Morgan fingerprint density at radius 3 is 2.14 bits per heavy atom. The summed E-state index contributed by atoms with van der Waals surface area (Å²) in [7, 11) is 6.28. The van der Waals surface area contributed by atoms with Gasteiger partial charge in [0.15, 0.2) is 0 Å². The van der Waals surface area contributed by atoms with Gasteiger partial charge in [-0.1, -0.05) is 0 Å². The fraction of sp³-hybridized carbons (Fsp3) is 1.00. The van der Waals surface area contributed by atoms with Crippen LogP contribution in [0.15, 0.2) is 0 Å². The Bertz CT molecular complexity index is 141. The van der Waals surface area contributed by atoms with Gasteiger partial charge in [-0.15, -0.1) is 0 Å². The molecular formula is C10H24N4. The molecule has 1 heterocycles. The molecule has 1 N–H and O–H groups in total. The van der Waals surface area contributed by atoms with Gasteiger partial charge in [-0.3, -0.25) is 9.80 Å². The molecule has 0 radical (unpaired) electrons. The van der Waals surface area contributed by atoms with E-state index < -0.39 is 0 Å². The molecule has 0 bridgehead atoms. The third-order valence-electron chi connectivity index (χ3n) is 2.71. The van der Waals surface area contributed by atoms with Gasteiger partial charge in [-0.05, 0) is 21.1 Å². The Hall–Kier alpha value is -0.160. The molecule has 1 saturated heterocycles. The Kier molecular flexibility index (Phi) is 5.40. The van der Waals surface area contributed by atoms with Crippen LogP contribution in [-0.4, -0.2) is 81.8 Å². The molecule has 14 heavy (non-hydrogen) atoms. The maximum atomic E-state index is 3.20. The molecule has 1 aliphatic rings. The number of rotatable bonds is 5. The maximum absolute atomic E-state index is 3.20. The van der Waals surface area contributed by atoms with Crippen molar-refractivity contribution in [2.75, 3.05) is 67.1 Å². The summed E-state index contributed by atoms with van der Waals surface area (Å²) >= 11 is 0. The van der Waals surface area contributed by atoms with Gasteiger partial charge in [0.2, 0.25) is 0 Å². The van der Waals surface area contributed by atoms with Crippen LogP contribution in [0.2, 0.25) is 0 Å². The number of hydrogen-bond acceptors (Lipinski definition) is 4. The fourth-order valence-electron chi connectivity index (χ4n) is 1.74. The van der Waals surface area contributed by atoms with E-state index in [-0.39, 0.29) is 0 Å². The highest BCUT2D eigenvalue weighted by Gasteiger charge is 2.15. The van der Waals surface area contributed by atoms with Crippen LogP contribution in [0.1, 0.15) is 0 Å². The lowest BCUT2D eigenvalue weighted by atomic mass is 10.3. The van der Waals surface area contributed by atoms with E-state index in [1.807, 2.05) is 7.05 Å². The molecule has 4 heteroatoms. The Morgan fingerprint density at radius 1 is 1.07 bits per heavy atom. The number of nitrogens with zero attached hydrogens (tertiary/aromatic N) is 3. The van der Waals surface area contributed by atoms with Gasteiger partial charge < -0.3 is 10.2 Å². The quantitative estimate of drug-likeness (QED) is 0.636. The van der Waals surface area contributed by atoms with Crippen LogP contribution in [0.25, 0.3) is 0 Å². The first kappa shape index (κ1) is 11.9. The van der Waals surface area contributed by atoms with E-state index in [0.29, 0.717) is 0 Å². The zero-order chi connectivity index (χ0) is 10.4. The Balaban J connectivity index is 2.09. The zero-order valence-corrected chi connectivity index (χ0v) is 9.79. The van der Waals surface area contributed by atoms with Crippen LogP contribution in [0.3, 0.4) is 0 Å². The molecular weight excluding hydrogens is 176 g/mol. The van der Waals surface area contributed by atoms with E-state index in [1.165, 1.54) is 39.3 Å². The highest BCUT2D eigenvalue weighted by molar-refractivity contribution is 4.71. The van der Waals surface area contributed by atoms with Crippen molar-refractivity contribution in [1.29, 1.82) is 0 Å². The van der Waals surface area contributed by atoms with Gasteiger partial charge in [-0.2, -0.15) is 0 Å². The minimum atomic E-state index is 1.03. The predicted molar refractivity (Wildman–Crippen MR) is 60.5 cm³/mol. The third-order valence-corrected chi connectivity index (χ3v) is 2.71. The first-order chi connectivity index (χ1) is 6.72. The molecule has 4 nitrogen and oxygen atoms in total. The summed E-state index contributed by atoms with van der Waals surface area (Å²) in [5.41, 5.74) is 0. The van der Waals surface area contributed by atoms with Gasteiger partial charge in [0.25, 0.3) is 0 Å². The van der Waals surface area contributed by atoms with Crippen molar-refractivity contribution in [1.82, 2.24) is 20.0 Å². The summed E-state index contributed by atoms with van der Waals surface area (Å²) in [6.07, 6.45) is 0. The SMILES string of the molecule is CNCN1CCN(CCN(C)C)CC1. The summed E-state index contributed by atoms with van der Waals surface area (Å²) in [6.45, 7) is 8.25. The monoisotopic (exact) mass is 200 g/mol. The first-order valence-corrected chi connectivity index (χ1v) is 5.46. The van der Waals surface area contributed by atoms with Gasteiger partial charge >= 0.3 is 0 Å². The van der Waals surface area contributed by atoms with E-state index in [1.54, 1.807) is 0 Å². The molecule has 0 unspecified atom stereocenters. The van der Waals surface area contributed by atoms with Gasteiger partial charge in [0.1, 0.15) is 0 Å². The molecule has 1 rings (SSSR count). The van der Waals surface area contributed by atoms with Gasteiger partial charge in [0, 0.05) is 45.9 Å². The largest absolute Gasteiger partial charge is 0.308 e. The predicted octanol–water partition coefficient (Wildman–Crippen LogP) is -0.657. The van der Waals surface area contributed by atoms with Crippen LogP contribution in [0.5, 0.6) is 0 Å². The smallest absolute Gasteiger partial charge is 0.0479 e. The lowest BCUT2D eigenvalue weighted by Gasteiger charge is -2.34. The maximum Gasteiger partial charge on any atom is 0.0479 e. The van der Waals surface area contributed by atoms with Crippen molar-refractivity contribution in [3.63, 3.8) is 0 Å². The lowest BCUT2D eigenvalue weighted by molar-refractivity contribution is 0.121. The summed E-state index contributed by atoms with van der Waals surface area (Å²) in [5, 5.41) is 3.20. The molecule has 0 saturated carbocycles. The van der Waals surface area contributed by atoms with Crippen molar-refractivity contribution >= 4 is 0 Å². The van der Waals surface area contributed by atoms with Crippen LogP contribution in [0.4, 0.5) is 0 Å². The molecule has 0 spiro atoms. The zero-order valence-electron chi connectivity index (χ0n) is 9.79. The summed E-state index contributed by atoms with van der Waals surface area (Å²) in [4.78, 5) is 7.26. The van der Waals surface area contributed by atoms with Crippen LogP contribution in [0, 0.1) is 0 Å². The number of piperazine rings is 1. The lowest BCUT2D eigenvalue weighted by Crippen LogP contribution is -2.49. The molecule has 0 aromatic carbocycles. The molecule has 1 fully saturated rings. The molecule has 0 aliphatic carbocycles. The highest BCUT2D eigenvalue weighted by atomic mass is 15.3. The van der Waals surface area contributed by atoms with E-state index in [9.17, 15) is 0 Å². The Morgan fingerprint density at radius 2 is 1.64 bits per heavy atom.